The molecule has 1 rings (SSSR count). The van der Waals surface area contributed by atoms with Crippen LogP contribution in [0.1, 0.15) is 39.0 Å². The quantitative estimate of drug-likeness (QED) is 0.493. The van der Waals surface area contributed by atoms with Crippen molar-refractivity contribution in [1.29, 1.82) is 0 Å². The van der Waals surface area contributed by atoms with Crippen LogP contribution in [0, 0.1) is 5.92 Å². The highest BCUT2D eigenvalue weighted by Crippen LogP contribution is 2.25. The van der Waals surface area contributed by atoms with Gasteiger partial charge in [0.25, 0.3) is 0 Å². The molecule has 13 heavy (non-hydrogen) atoms. The van der Waals surface area contributed by atoms with Gasteiger partial charge in [0.2, 0.25) is 0 Å². The molecule has 0 radical (unpaired) electrons. The summed E-state index contributed by atoms with van der Waals surface area (Å²) in [5, 5.41) is 0. The Labute approximate surface area is 80.0 Å². The van der Waals surface area contributed by atoms with Crippen LogP contribution in [0.2, 0.25) is 0 Å². The van der Waals surface area contributed by atoms with Gasteiger partial charge in [-0.15, -0.1) is 0 Å². The van der Waals surface area contributed by atoms with Crippen molar-refractivity contribution in [2.75, 3.05) is 6.61 Å². The van der Waals surface area contributed by atoms with Crippen LogP contribution in [0.15, 0.2) is 12.2 Å². The van der Waals surface area contributed by atoms with Gasteiger partial charge in [-0.2, -0.15) is 0 Å². The monoisotopic (exact) mass is 182 g/mol. The predicted octanol–water partition coefficient (Wildman–Crippen LogP) is 2.69. The number of hydrogen-bond donors (Lipinski definition) is 0. The van der Waals surface area contributed by atoms with Crippen molar-refractivity contribution in [3.63, 3.8) is 0 Å². The van der Waals surface area contributed by atoms with E-state index in [0.29, 0.717) is 6.61 Å². The fraction of sp³-hybridized carbons (Fsp3) is 0.727. The van der Waals surface area contributed by atoms with Crippen LogP contribution in [0.4, 0.5) is 0 Å². The summed E-state index contributed by atoms with van der Waals surface area (Å²) in [5.41, 5.74) is 0. The SMILES string of the molecule is CC/C=C\COC(=O)C1CCCC1. The van der Waals surface area contributed by atoms with Crippen LogP contribution in [-0.2, 0) is 9.53 Å². The van der Waals surface area contributed by atoms with Crippen LogP contribution < -0.4 is 0 Å². The molecular weight excluding hydrogens is 164 g/mol. The Kier molecular flexibility index (Phi) is 4.58. The second-order valence-corrected chi connectivity index (χ2v) is 3.49. The maximum absolute atomic E-state index is 11.4. The number of carbonyl (C=O) groups excluding carboxylic acids is 1. The molecule has 74 valence electrons. The first-order valence-electron chi connectivity index (χ1n) is 5.16. The topological polar surface area (TPSA) is 26.3 Å². The van der Waals surface area contributed by atoms with Gasteiger partial charge in [0.1, 0.15) is 6.61 Å². The number of ether oxygens (including phenoxy) is 1. The second kappa shape index (κ2) is 5.79. The number of rotatable bonds is 4. The minimum absolute atomic E-state index is 0.00162. The van der Waals surface area contributed by atoms with Crippen LogP contribution in [-0.4, -0.2) is 12.6 Å². The van der Waals surface area contributed by atoms with Crippen molar-refractivity contribution in [3.05, 3.63) is 12.2 Å². The van der Waals surface area contributed by atoms with E-state index in [4.69, 9.17) is 4.74 Å². The maximum Gasteiger partial charge on any atom is 0.309 e. The van der Waals surface area contributed by atoms with Crippen LogP contribution in [0.3, 0.4) is 0 Å². The molecule has 0 aromatic rings. The van der Waals surface area contributed by atoms with Crippen molar-refractivity contribution < 1.29 is 9.53 Å². The Balaban J connectivity index is 2.13. The van der Waals surface area contributed by atoms with Gasteiger partial charge in [-0.3, -0.25) is 4.79 Å². The molecule has 0 aromatic heterocycles. The largest absolute Gasteiger partial charge is 0.461 e. The van der Waals surface area contributed by atoms with Gasteiger partial charge in [0, 0.05) is 0 Å². The van der Waals surface area contributed by atoms with Gasteiger partial charge in [-0.25, -0.2) is 0 Å². The fourth-order valence-electron chi connectivity index (χ4n) is 1.64. The predicted molar refractivity (Wildman–Crippen MR) is 52.3 cm³/mol. The fourth-order valence-corrected chi connectivity index (χ4v) is 1.64. The Morgan fingerprint density at radius 3 is 2.69 bits per heavy atom. The first-order chi connectivity index (χ1) is 6.34. The molecule has 0 saturated heterocycles. The summed E-state index contributed by atoms with van der Waals surface area (Å²) in [6, 6.07) is 0. The summed E-state index contributed by atoms with van der Waals surface area (Å²) in [5.74, 6) is 0.188. The number of allylic oxidation sites excluding steroid dienone is 1. The second-order valence-electron chi connectivity index (χ2n) is 3.49. The zero-order chi connectivity index (χ0) is 9.52. The minimum atomic E-state index is -0.00162. The Bertz CT molecular complexity index is 179. The van der Waals surface area contributed by atoms with E-state index in [-0.39, 0.29) is 11.9 Å². The van der Waals surface area contributed by atoms with Gasteiger partial charge >= 0.3 is 5.97 Å². The number of hydrogen-bond acceptors (Lipinski definition) is 2. The molecule has 1 aliphatic carbocycles. The van der Waals surface area contributed by atoms with E-state index in [1.807, 2.05) is 12.2 Å². The molecule has 2 heteroatoms. The maximum atomic E-state index is 11.4. The summed E-state index contributed by atoms with van der Waals surface area (Å²) < 4.78 is 5.10. The van der Waals surface area contributed by atoms with E-state index in [1.165, 1.54) is 12.8 Å². The lowest BCUT2D eigenvalue weighted by atomic mass is 10.1. The van der Waals surface area contributed by atoms with Crippen molar-refractivity contribution in [3.8, 4) is 0 Å². The lowest BCUT2D eigenvalue weighted by molar-refractivity contribution is -0.147. The Morgan fingerprint density at radius 2 is 2.08 bits per heavy atom. The zero-order valence-electron chi connectivity index (χ0n) is 8.29. The van der Waals surface area contributed by atoms with Crippen molar-refractivity contribution in [2.24, 2.45) is 5.92 Å². The van der Waals surface area contributed by atoms with E-state index < -0.39 is 0 Å². The molecule has 0 amide bonds. The van der Waals surface area contributed by atoms with Crippen molar-refractivity contribution in [2.45, 2.75) is 39.0 Å². The molecule has 0 N–H and O–H groups in total. The molecule has 0 unspecified atom stereocenters. The third-order valence-corrected chi connectivity index (χ3v) is 2.41. The summed E-state index contributed by atoms with van der Waals surface area (Å²) in [6.07, 6.45) is 9.34. The number of esters is 1. The van der Waals surface area contributed by atoms with Crippen molar-refractivity contribution >= 4 is 5.97 Å². The number of carbonyl (C=O) groups is 1. The molecular formula is C11H18O2. The van der Waals surface area contributed by atoms with Gasteiger partial charge in [-0.05, 0) is 19.3 Å². The van der Waals surface area contributed by atoms with Gasteiger partial charge in [-0.1, -0.05) is 31.9 Å². The average Bonchev–Trinajstić information content (AvgIpc) is 2.65. The third-order valence-electron chi connectivity index (χ3n) is 2.41. The molecule has 0 heterocycles. The summed E-state index contributed by atoms with van der Waals surface area (Å²) in [6.45, 7) is 2.51. The summed E-state index contributed by atoms with van der Waals surface area (Å²) in [4.78, 5) is 11.4. The Hall–Kier alpha value is -0.790. The highest BCUT2D eigenvalue weighted by molar-refractivity contribution is 5.72. The lowest BCUT2D eigenvalue weighted by Gasteiger charge is -2.06. The molecule has 0 bridgehead atoms. The summed E-state index contributed by atoms with van der Waals surface area (Å²) >= 11 is 0. The normalized spacial score (nSPS) is 18.2. The average molecular weight is 182 g/mol. The summed E-state index contributed by atoms with van der Waals surface area (Å²) in [7, 11) is 0. The van der Waals surface area contributed by atoms with E-state index in [1.54, 1.807) is 0 Å². The van der Waals surface area contributed by atoms with E-state index in [2.05, 4.69) is 6.92 Å². The van der Waals surface area contributed by atoms with Gasteiger partial charge < -0.3 is 4.74 Å². The highest BCUT2D eigenvalue weighted by atomic mass is 16.5. The zero-order valence-corrected chi connectivity index (χ0v) is 8.29. The molecule has 0 spiro atoms. The van der Waals surface area contributed by atoms with E-state index in [9.17, 15) is 4.79 Å². The van der Waals surface area contributed by atoms with Crippen LogP contribution >= 0.6 is 0 Å². The van der Waals surface area contributed by atoms with Crippen LogP contribution in [0.5, 0.6) is 0 Å². The van der Waals surface area contributed by atoms with Gasteiger partial charge in [0.15, 0.2) is 0 Å². The van der Waals surface area contributed by atoms with Crippen LogP contribution in [0.25, 0.3) is 0 Å². The van der Waals surface area contributed by atoms with E-state index in [0.717, 1.165) is 19.3 Å². The van der Waals surface area contributed by atoms with Gasteiger partial charge in [0.05, 0.1) is 5.92 Å². The molecule has 2 nitrogen and oxygen atoms in total. The molecule has 0 aromatic carbocycles. The molecule has 0 aliphatic heterocycles. The first kappa shape index (κ1) is 10.3. The molecule has 1 fully saturated rings. The van der Waals surface area contributed by atoms with Crippen molar-refractivity contribution in [1.82, 2.24) is 0 Å². The standard InChI is InChI=1S/C11H18O2/c1-2-3-6-9-13-11(12)10-7-4-5-8-10/h3,6,10H,2,4-5,7-9H2,1H3/b6-3-. The third kappa shape index (κ3) is 3.62. The molecule has 1 aliphatic rings. The molecule has 1 saturated carbocycles. The minimum Gasteiger partial charge on any atom is -0.461 e. The lowest BCUT2D eigenvalue weighted by Crippen LogP contribution is -2.14. The van der Waals surface area contributed by atoms with E-state index >= 15 is 0 Å². The molecule has 0 atom stereocenters. The first-order valence-corrected chi connectivity index (χ1v) is 5.16. The Morgan fingerprint density at radius 1 is 1.38 bits per heavy atom. The smallest absolute Gasteiger partial charge is 0.309 e. The highest BCUT2D eigenvalue weighted by Gasteiger charge is 2.23.